The Kier molecular flexibility index (Phi) is 6.15. The highest BCUT2D eigenvalue weighted by atomic mass is 35.5. The topological polar surface area (TPSA) is 67.0 Å². The number of H-pyrrole nitrogens is 1. The zero-order chi connectivity index (χ0) is 23.7. The lowest BCUT2D eigenvalue weighted by Crippen LogP contribution is -2.43. The molecule has 2 atom stereocenters. The molecule has 1 aliphatic heterocycles. The van der Waals surface area contributed by atoms with E-state index in [4.69, 9.17) is 16.3 Å². The van der Waals surface area contributed by atoms with Crippen LogP contribution in [-0.2, 0) is 10.2 Å². The van der Waals surface area contributed by atoms with Crippen LogP contribution in [-0.4, -0.2) is 36.1 Å². The molecule has 0 bridgehead atoms. The van der Waals surface area contributed by atoms with Crippen molar-refractivity contribution in [1.29, 1.82) is 0 Å². The number of ether oxygens (including phenoxy) is 1. The van der Waals surface area contributed by atoms with Crippen LogP contribution in [0.1, 0.15) is 41.3 Å². The van der Waals surface area contributed by atoms with Crippen LogP contribution in [0.15, 0.2) is 67.1 Å². The Morgan fingerprint density at radius 3 is 2.76 bits per heavy atom. The van der Waals surface area contributed by atoms with Crippen LogP contribution in [0.3, 0.4) is 0 Å². The summed E-state index contributed by atoms with van der Waals surface area (Å²) < 4.78 is 5.13. The second-order valence-electron chi connectivity index (χ2n) is 9.14. The monoisotopic (exact) mass is 473 g/mol. The molecule has 1 saturated heterocycles. The lowest BCUT2D eigenvalue weighted by atomic mass is 9.65. The fourth-order valence-electron chi connectivity index (χ4n) is 5.38. The van der Waals surface area contributed by atoms with Crippen LogP contribution in [0.25, 0.3) is 22.0 Å². The SMILES string of the molecule is COC(=O)c1cccc2[nH]cc(C(C)(c3cncc(-c4cccc(Cl)c4)c3)C3CCCNC3)c12. The molecule has 3 heterocycles. The molecule has 4 aromatic rings. The van der Waals surface area contributed by atoms with Gasteiger partial charge in [0.15, 0.2) is 0 Å². The standard InChI is InChI=1S/C28H28ClN3O2/c1-28(20-7-5-11-30-15-20,21-12-19(14-31-16-21)18-6-3-8-22(29)13-18)24-17-32-25-10-4-9-23(26(24)25)27(33)34-2/h3-4,6,8-10,12-14,16-17,20,30,32H,5,7,11,15H2,1-2H3. The van der Waals surface area contributed by atoms with Crippen LogP contribution in [0.5, 0.6) is 0 Å². The quantitative estimate of drug-likeness (QED) is 0.350. The summed E-state index contributed by atoms with van der Waals surface area (Å²) in [4.78, 5) is 20.8. The van der Waals surface area contributed by atoms with Crippen molar-refractivity contribution < 1.29 is 9.53 Å². The van der Waals surface area contributed by atoms with Gasteiger partial charge in [-0.3, -0.25) is 4.98 Å². The number of nitrogens with one attached hydrogen (secondary N) is 2. The van der Waals surface area contributed by atoms with E-state index in [1.54, 1.807) is 0 Å². The lowest BCUT2D eigenvalue weighted by molar-refractivity contribution is 0.0603. The zero-order valence-corrected chi connectivity index (χ0v) is 20.2. The molecule has 0 saturated carbocycles. The molecule has 0 radical (unpaired) electrons. The lowest BCUT2D eigenvalue weighted by Gasteiger charge is -2.41. The van der Waals surface area contributed by atoms with E-state index in [2.05, 4.69) is 34.5 Å². The molecule has 2 N–H and O–H groups in total. The van der Waals surface area contributed by atoms with E-state index >= 15 is 0 Å². The zero-order valence-electron chi connectivity index (χ0n) is 19.4. The molecule has 2 aromatic carbocycles. The predicted octanol–water partition coefficient (Wildman–Crippen LogP) is 5.98. The van der Waals surface area contributed by atoms with Gasteiger partial charge in [0.2, 0.25) is 0 Å². The average molecular weight is 474 g/mol. The first-order valence-electron chi connectivity index (χ1n) is 11.6. The van der Waals surface area contributed by atoms with E-state index < -0.39 is 5.41 Å². The molecule has 1 fully saturated rings. The number of hydrogen-bond acceptors (Lipinski definition) is 4. The number of aromatic nitrogens is 2. The van der Waals surface area contributed by atoms with Crippen LogP contribution in [0, 0.1) is 5.92 Å². The fourth-order valence-corrected chi connectivity index (χ4v) is 5.57. The normalized spacial score (nSPS) is 17.9. The van der Waals surface area contributed by atoms with E-state index in [1.807, 2.05) is 54.9 Å². The third-order valence-electron chi connectivity index (χ3n) is 7.28. The molecule has 0 amide bonds. The number of pyridine rings is 1. The van der Waals surface area contributed by atoms with Crippen LogP contribution in [0.2, 0.25) is 5.02 Å². The Bertz CT molecular complexity index is 1340. The molecule has 0 spiro atoms. The van der Waals surface area contributed by atoms with E-state index in [0.717, 1.165) is 59.1 Å². The molecular weight excluding hydrogens is 446 g/mol. The fraction of sp³-hybridized carbons (Fsp3) is 0.286. The first-order valence-corrected chi connectivity index (χ1v) is 12.0. The van der Waals surface area contributed by atoms with Gasteiger partial charge in [-0.2, -0.15) is 0 Å². The van der Waals surface area contributed by atoms with Crippen molar-refractivity contribution in [3.05, 3.63) is 88.8 Å². The van der Waals surface area contributed by atoms with Crippen molar-refractivity contribution in [2.24, 2.45) is 5.92 Å². The number of nitrogens with zero attached hydrogens (tertiary/aromatic N) is 1. The second kappa shape index (κ2) is 9.24. The van der Waals surface area contributed by atoms with Gasteiger partial charge in [0.05, 0.1) is 12.7 Å². The molecule has 5 rings (SSSR count). The summed E-state index contributed by atoms with van der Waals surface area (Å²) in [5.74, 6) is -0.0104. The Morgan fingerprint density at radius 1 is 1.15 bits per heavy atom. The third kappa shape index (κ3) is 3.89. The first-order chi connectivity index (χ1) is 16.5. The Labute approximate surface area is 204 Å². The number of carbonyl (C=O) groups excluding carboxylic acids is 1. The van der Waals surface area contributed by atoms with Crippen LogP contribution >= 0.6 is 11.6 Å². The maximum Gasteiger partial charge on any atom is 0.338 e. The smallest absolute Gasteiger partial charge is 0.338 e. The van der Waals surface area contributed by atoms with Crippen molar-refractivity contribution in [2.75, 3.05) is 20.2 Å². The maximum atomic E-state index is 12.7. The number of rotatable bonds is 5. The van der Waals surface area contributed by atoms with E-state index in [0.29, 0.717) is 16.5 Å². The number of halogens is 1. The maximum absolute atomic E-state index is 12.7. The summed E-state index contributed by atoms with van der Waals surface area (Å²) in [7, 11) is 1.43. The van der Waals surface area contributed by atoms with Crippen molar-refractivity contribution in [2.45, 2.75) is 25.2 Å². The Hall–Kier alpha value is -3.15. The number of esters is 1. The third-order valence-corrected chi connectivity index (χ3v) is 7.51. The summed E-state index contributed by atoms with van der Waals surface area (Å²) in [6.07, 6.45) is 8.08. The van der Waals surface area contributed by atoms with Crippen molar-refractivity contribution in [1.82, 2.24) is 15.3 Å². The van der Waals surface area contributed by atoms with E-state index in [-0.39, 0.29) is 5.97 Å². The molecule has 2 unspecified atom stereocenters. The van der Waals surface area contributed by atoms with Gasteiger partial charge in [0.1, 0.15) is 0 Å². The Balaban J connectivity index is 1.74. The molecule has 6 heteroatoms. The summed E-state index contributed by atoms with van der Waals surface area (Å²) in [6.45, 7) is 4.19. The highest BCUT2D eigenvalue weighted by Crippen LogP contribution is 2.46. The largest absolute Gasteiger partial charge is 0.465 e. The van der Waals surface area contributed by atoms with Gasteiger partial charge in [-0.25, -0.2) is 4.79 Å². The number of fused-ring (bicyclic) bond motifs is 1. The average Bonchev–Trinajstić information content (AvgIpc) is 3.33. The van der Waals surface area contributed by atoms with E-state index in [1.165, 1.54) is 7.11 Å². The highest BCUT2D eigenvalue weighted by Gasteiger charge is 2.41. The summed E-state index contributed by atoms with van der Waals surface area (Å²) in [5.41, 5.74) is 5.35. The van der Waals surface area contributed by atoms with Gasteiger partial charge in [-0.05, 0) is 78.9 Å². The van der Waals surface area contributed by atoms with Crippen molar-refractivity contribution in [3.63, 3.8) is 0 Å². The Morgan fingerprint density at radius 2 is 2.00 bits per heavy atom. The highest BCUT2D eigenvalue weighted by molar-refractivity contribution is 6.30. The van der Waals surface area contributed by atoms with Gasteiger partial charge in [0, 0.05) is 45.5 Å². The minimum absolute atomic E-state index is 0.322. The van der Waals surface area contributed by atoms with Gasteiger partial charge < -0.3 is 15.0 Å². The molecule has 1 aliphatic rings. The summed E-state index contributed by atoms with van der Waals surface area (Å²) in [5, 5.41) is 5.19. The molecule has 2 aromatic heterocycles. The second-order valence-corrected chi connectivity index (χ2v) is 9.58. The minimum Gasteiger partial charge on any atom is -0.465 e. The van der Waals surface area contributed by atoms with Crippen LogP contribution < -0.4 is 5.32 Å². The van der Waals surface area contributed by atoms with E-state index in [9.17, 15) is 4.79 Å². The number of aromatic amines is 1. The number of benzene rings is 2. The molecule has 5 nitrogen and oxygen atoms in total. The minimum atomic E-state index is -0.391. The molecular formula is C28H28ClN3O2. The number of piperidine rings is 1. The molecule has 174 valence electrons. The molecule has 34 heavy (non-hydrogen) atoms. The predicted molar refractivity (Wildman–Crippen MR) is 136 cm³/mol. The summed E-state index contributed by atoms with van der Waals surface area (Å²) >= 11 is 6.28. The van der Waals surface area contributed by atoms with Gasteiger partial charge >= 0.3 is 5.97 Å². The van der Waals surface area contributed by atoms with Gasteiger partial charge in [0.25, 0.3) is 0 Å². The number of carbonyl (C=O) groups is 1. The van der Waals surface area contributed by atoms with Gasteiger partial charge in [-0.1, -0.05) is 36.7 Å². The van der Waals surface area contributed by atoms with Gasteiger partial charge in [-0.15, -0.1) is 0 Å². The van der Waals surface area contributed by atoms with Crippen LogP contribution in [0.4, 0.5) is 0 Å². The number of methoxy groups -OCH3 is 1. The molecule has 0 aliphatic carbocycles. The summed E-state index contributed by atoms with van der Waals surface area (Å²) in [6, 6.07) is 15.8. The number of hydrogen-bond donors (Lipinski definition) is 2. The van der Waals surface area contributed by atoms with Crippen molar-refractivity contribution in [3.8, 4) is 11.1 Å². The first kappa shape index (κ1) is 22.6. The van der Waals surface area contributed by atoms with Crippen molar-refractivity contribution >= 4 is 28.5 Å².